The Hall–Kier alpha value is -0.860. The summed E-state index contributed by atoms with van der Waals surface area (Å²) in [6, 6.07) is 9.13. The molecule has 0 fully saturated rings. The van der Waals surface area contributed by atoms with Crippen LogP contribution >= 0.6 is 22.7 Å². The lowest BCUT2D eigenvalue weighted by molar-refractivity contribution is 1.19. The summed E-state index contributed by atoms with van der Waals surface area (Å²) in [6.07, 6.45) is 1.15. The zero-order valence-corrected chi connectivity index (χ0v) is 9.54. The molecule has 3 aromatic rings. The van der Waals surface area contributed by atoms with Gasteiger partial charge in [-0.05, 0) is 46.8 Å². The second-order valence-electron chi connectivity index (χ2n) is 3.41. The van der Waals surface area contributed by atoms with Gasteiger partial charge in [-0.2, -0.15) is 0 Å². The lowest BCUT2D eigenvalue weighted by Gasteiger charge is -1.89. The molecule has 0 spiro atoms. The van der Waals surface area contributed by atoms with Crippen LogP contribution in [-0.4, -0.2) is 0 Å². The number of aryl methyl sites for hydroxylation is 1. The van der Waals surface area contributed by atoms with Gasteiger partial charge in [0, 0.05) is 14.3 Å². The van der Waals surface area contributed by atoms with Crippen LogP contribution in [-0.2, 0) is 6.42 Å². The van der Waals surface area contributed by atoms with Gasteiger partial charge in [-0.1, -0.05) is 6.92 Å². The standard InChI is InChI=1S/C12H10S2/c1-2-10-6-9-5-8-3-4-13-11(8)7-12(9)14-10/h3-7H,2H2,1H3. The molecule has 1 aromatic carbocycles. The van der Waals surface area contributed by atoms with E-state index in [2.05, 4.69) is 36.6 Å². The molecule has 2 aromatic heterocycles. The largest absolute Gasteiger partial charge is 0.144 e. The van der Waals surface area contributed by atoms with Gasteiger partial charge in [0.1, 0.15) is 0 Å². The Balaban J connectivity index is 2.40. The molecule has 70 valence electrons. The van der Waals surface area contributed by atoms with Crippen LogP contribution in [0.2, 0.25) is 0 Å². The quantitative estimate of drug-likeness (QED) is 0.556. The van der Waals surface area contributed by atoms with Crippen molar-refractivity contribution in [1.29, 1.82) is 0 Å². The smallest absolute Gasteiger partial charge is 0.0360 e. The fourth-order valence-electron chi connectivity index (χ4n) is 1.73. The van der Waals surface area contributed by atoms with Crippen LogP contribution in [0.5, 0.6) is 0 Å². The van der Waals surface area contributed by atoms with Crippen LogP contribution < -0.4 is 0 Å². The Morgan fingerprint density at radius 3 is 2.86 bits per heavy atom. The van der Waals surface area contributed by atoms with Crippen molar-refractivity contribution in [3.8, 4) is 0 Å². The summed E-state index contributed by atoms with van der Waals surface area (Å²) in [5.74, 6) is 0. The van der Waals surface area contributed by atoms with E-state index >= 15 is 0 Å². The van der Waals surface area contributed by atoms with Crippen LogP contribution in [0.4, 0.5) is 0 Å². The van der Waals surface area contributed by atoms with Crippen LogP contribution in [0.3, 0.4) is 0 Å². The third-order valence-corrected chi connectivity index (χ3v) is 4.61. The molecule has 3 rings (SSSR count). The second-order valence-corrected chi connectivity index (χ2v) is 5.53. The van der Waals surface area contributed by atoms with Gasteiger partial charge in [-0.25, -0.2) is 0 Å². The first kappa shape index (κ1) is 8.45. The number of hydrogen-bond acceptors (Lipinski definition) is 2. The normalized spacial score (nSPS) is 11.5. The SMILES string of the molecule is CCc1cc2cc3ccsc3cc2s1. The van der Waals surface area contributed by atoms with Crippen LogP contribution in [0, 0.1) is 0 Å². The molecular weight excluding hydrogens is 208 g/mol. The van der Waals surface area contributed by atoms with E-state index < -0.39 is 0 Å². The van der Waals surface area contributed by atoms with E-state index in [1.165, 1.54) is 25.0 Å². The first-order chi connectivity index (χ1) is 6.86. The van der Waals surface area contributed by atoms with Crippen molar-refractivity contribution >= 4 is 42.8 Å². The molecule has 0 radical (unpaired) electrons. The summed E-state index contributed by atoms with van der Waals surface area (Å²) >= 11 is 3.75. The summed E-state index contributed by atoms with van der Waals surface area (Å²) < 4.78 is 2.83. The highest BCUT2D eigenvalue weighted by Crippen LogP contribution is 2.32. The Bertz CT molecular complexity index is 538. The Morgan fingerprint density at radius 2 is 2.00 bits per heavy atom. The molecule has 0 saturated carbocycles. The Labute approximate surface area is 90.8 Å². The minimum atomic E-state index is 1.15. The third-order valence-electron chi connectivity index (χ3n) is 2.49. The Kier molecular flexibility index (Phi) is 1.85. The van der Waals surface area contributed by atoms with Gasteiger partial charge in [0.15, 0.2) is 0 Å². The maximum Gasteiger partial charge on any atom is 0.0360 e. The average molecular weight is 218 g/mol. The maximum atomic E-state index is 2.32. The fourth-order valence-corrected chi connectivity index (χ4v) is 3.64. The lowest BCUT2D eigenvalue weighted by atomic mass is 10.2. The van der Waals surface area contributed by atoms with Crippen molar-refractivity contribution < 1.29 is 0 Å². The van der Waals surface area contributed by atoms with E-state index in [9.17, 15) is 0 Å². The highest BCUT2D eigenvalue weighted by atomic mass is 32.1. The van der Waals surface area contributed by atoms with Gasteiger partial charge >= 0.3 is 0 Å². The summed E-state index contributed by atoms with van der Waals surface area (Å²) in [5, 5.41) is 4.94. The number of fused-ring (bicyclic) bond motifs is 2. The zero-order valence-electron chi connectivity index (χ0n) is 7.91. The monoisotopic (exact) mass is 218 g/mol. The Morgan fingerprint density at radius 1 is 1.07 bits per heavy atom. The molecule has 0 saturated heterocycles. The van der Waals surface area contributed by atoms with E-state index in [1.807, 2.05) is 22.7 Å². The lowest BCUT2D eigenvalue weighted by Crippen LogP contribution is -1.65. The number of rotatable bonds is 1. The molecule has 0 unspecified atom stereocenters. The number of hydrogen-bond donors (Lipinski definition) is 0. The fraction of sp³-hybridized carbons (Fsp3) is 0.167. The highest BCUT2D eigenvalue weighted by Gasteiger charge is 2.02. The second kappa shape index (κ2) is 3.07. The summed E-state index contributed by atoms with van der Waals surface area (Å²) in [5.41, 5.74) is 0. The first-order valence-corrected chi connectivity index (χ1v) is 6.46. The molecule has 2 heterocycles. The number of thiophene rings is 2. The molecule has 0 aliphatic rings. The molecule has 0 amide bonds. The van der Waals surface area contributed by atoms with Crippen LogP contribution in [0.25, 0.3) is 20.2 Å². The van der Waals surface area contributed by atoms with Gasteiger partial charge in [0.05, 0.1) is 0 Å². The van der Waals surface area contributed by atoms with Gasteiger partial charge in [0.2, 0.25) is 0 Å². The van der Waals surface area contributed by atoms with E-state index in [-0.39, 0.29) is 0 Å². The van der Waals surface area contributed by atoms with E-state index in [0.717, 1.165) is 6.42 Å². The summed E-state index contributed by atoms with van der Waals surface area (Å²) in [4.78, 5) is 1.48. The minimum Gasteiger partial charge on any atom is -0.144 e. The van der Waals surface area contributed by atoms with Crippen molar-refractivity contribution in [3.63, 3.8) is 0 Å². The molecule has 2 heteroatoms. The zero-order chi connectivity index (χ0) is 9.54. The van der Waals surface area contributed by atoms with Crippen LogP contribution in [0.15, 0.2) is 29.6 Å². The van der Waals surface area contributed by atoms with E-state index in [1.54, 1.807) is 0 Å². The van der Waals surface area contributed by atoms with Gasteiger partial charge in [-0.3, -0.25) is 0 Å². The van der Waals surface area contributed by atoms with E-state index in [4.69, 9.17) is 0 Å². The van der Waals surface area contributed by atoms with Crippen molar-refractivity contribution in [3.05, 3.63) is 34.5 Å². The van der Waals surface area contributed by atoms with Gasteiger partial charge < -0.3 is 0 Å². The topological polar surface area (TPSA) is 0 Å². The summed E-state index contributed by atoms with van der Waals surface area (Å²) in [7, 11) is 0. The first-order valence-electron chi connectivity index (χ1n) is 4.76. The average Bonchev–Trinajstić information content (AvgIpc) is 2.77. The summed E-state index contributed by atoms with van der Waals surface area (Å²) in [6.45, 7) is 2.22. The molecule has 0 nitrogen and oxygen atoms in total. The maximum absolute atomic E-state index is 2.32. The molecule has 0 N–H and O–H groups in total. The highest BCUT2D eigenvalue weighted by molar-refractivity contribution is 7.20. The molecular formula is C12H10S2. The molecule has 0 atom stereocenters. The minimum absolute atomic E-state index is 1.15. The van der Waals surface area contributed by atoms with Gasteiger partial charge in [-0.15, -0.1) is 22.7 Å². The number of benzene rings is 1. The van der Waals surface area contributed by atoms with Crippen molar-refractivity contribution in [1.82, 2.24) is 0 Å². The van der Waals surface area contributed by atoms with Crippen LogP contribution in [0.1, 0.15) is 11.8 Å². The van der Waals surface area contributed by atoms with Crippen molar-refractivity contribution in [2.45, 2.75) is 13.3 Å². The van der Waals surface area contributed by atoms with Crippen molar-refractivity contribution in [2.75, 3.05) is 0 Å². The van der Waals surface area contributed by atoms with Crippen molar-refractivity contribution in [2.24, 2.45) is 0 Å². The molecule has 0 aliphatic heterocycles. The molecule has 14 heavy (non-hydrogen) atoms. The predicted octanol–water partition coefficient (Wildman–Crippen LogP) is 4.68. The predicted molar refractivity (Wildman–Crippen MR) is 66.6 cm³/mol. The van der Waals surface area contributed by atoms with Gasteiger partial charge in [0.25, 0.3) is 0 Å². The third kappa shape index (κ3) is 1.18. The van der Waals surface area contributed by atoms with E-state index in [0.29, 0.717) is 0 Å². The molecule has 0 bridgehead atoms. The molecule has 0 aliphatic carbocycles.